The molecule has 6 heteroatoms. The van der Waals surface area contributed by atoms with Crippen molar-refractivity contribution in [1.29, 1.82) is 0 Å². The maximum atomic E-state index is 12.1. The second-order valence-electron chi connectivity index (χ2n) is 7.00. The molecular weight excluding hydrogens is 306 g/mol. The molecule has 24 heavy (non-hydrogen) atoms. The highest BCUT2D eigenvalue weighted by molar-refractivity contribution is 5.76. The van der Waals surface area contributed by atoms with E-state index in [2.05, 4.69) is 15.5 Å². The third-order valence-corrected chi connectivity index (χ3v) is 5.25. The molecule has 0 aliphatic heterocycles. The van der Waals surface area contributed by atoms with Gasteiger partial charge < -0.3 is 14.3 Å². The number of carbonyl (C=O) groups excluding carboxylic acids is 1. The van der Waals surface area contributed by atoms with Crippen molar-refractivity contribution in [3.63, 3.8) is 0 Å². The van der Waals surface area contributed by atoms with E-state index in [1.165, 1.54) is 32.1 Å². The van der Waals surface area contributed by atoms with E-state index in [0.29, 0.717) is 36.5 Å². The Morgan fingerprint density at radius 3 is 2.96 bits per heavy atom. The Bertz CT molecular complexity index is 674. The summed E-state index contributed by atoms with van der Waals surface area (Å²) in [6, 6.07) is 2.17. The number of furan rings is 1. The van der Waals surface area contributed by atoms with Crippen LogP contribution in [0.25, 0.3) is 11.4 Å². The third-order valence-electron chi connectivity index (χ3n) is 5.25. The van der Waals surface area contributed by atoms with Gasteiger partial charge in [-0.15, -0.1) is 0 Å². The second kappa shape index (κ2) is 6.79. The molecule has 2 aromatic heterocycles. The molecular formula is C18H23N3O3. The number of rotatable bonds is 6. The molecule has 1 N–H and O–H groups in total. The lowest BCUT2D eigenvalue weighted by Crippen LogP contribution is -2.28. The first-order valence-electron chi connectivity index (χ1n) is 8.94. The Hall–Kier alpha value is -2.11. The molecule has 1 amide bonds. The van der Waals surface area contributed by atoms with Gasteiger partial charge >= 0.3 is 0 Å². The largest absolute Gasteiger partial charge is 0.472 e. The number of nitrogens with one attached hydrogen (secondary N) is 1. The fourth-order valence-corrected chi connectivity index (χ4v) is 3.83. The first kappa shape index (κ1) is 15.4. The summed E-state index contributed by atoms with van der Waals surface area (Å²) in [5, 5.41) is 7.07. The summed E-state index contributed by atoms with van der Waals surface area (Å²) in [6.45, 7) is 0. The zero-order valence-electron chi connectivity index (χ0n) is 13.7. The minimum atomic E-state index is 0.0846. The molecule has 6 nitrogen and oxygen atoms in total. The van der Waals surface area contributed by atoms with Crippen LogP contribution in [-0.2, 0) is 11.2 Å². The first-order valence-corrected chi connectivity index (χ1v) is 8.94. The van der Waals surface area contributed by atoms with E-state index < -0.39 is 0 Å². The number of hydrogen-bond donors (Lipinski definition) is 1. The maximum Gasteiger partial charge on any atom is 0.227 e. The summed E-state index contributed by atoms with van der Waals surface area (Å²) < 4.78 is 10.2. The van der Waals surface area contributed by atoms with Crippen LogP contribution in [0.5, 0.6) is 0 Å². The summed E-state index contributed by atoms with van der Waals surface area (Å²) >= 11 is 0. The van der Waals surface area contributed by atoms with E-state index in [1.807, 2.05) is 0 Å². The Morgan fingerprint density at radius 1 is 1.29 bits per heavy atom. The third kappa shape index (κ3) is 3.52. The van der Waals surface area contributed by atoms with Crippen LogP contribution in [0.3, 0.4) is 0 Å². The van der Waals surface area contributed by atoms with Gasteiger partial charge in [-0.25, -0.2) is 0 Å². The molecule has 2 saturated carbocycles. The van der Waals surface area contributed by atoms with Crippen LogP contribution in [-0.4, -0.2) is 22.1 Å². The number of aromatic nitrogens is 2. The lowest BCUT2D eigenvalue weighted by atomic mass is 9.85. The topological polar surface area (TPSA) is 81.2 Å². The normalized spacial score (nSPS) is 24.0. The number of aryl methyl sites for hydroxylation is 1. The van der Waals surface area contributed by atoms with E-state index in [1.54, 1.807) is 18.6 Å². The Balaban J connectivity index is 1.21. The van der Waals surface area contributed by atoms with Crippen molar-refractivity contribution >= 4 is 5.91 Å². The lowest BCUT2D eigenvalue weighted by Gasteiger charge is -2.21. The monoisotopic (exact) mass is 329 g/mol. The highest BCUT2D eigenvalue weighted by atomic mass is 16.5. The molecule has 2 aliphatic carbocycles. The van der Waals surface area contributed by atoms with Crippen LogP contribution < -0.4 is 5.32 Å². The van der Waals surface area contributed by atoms with Gasteiger partial charge in [-0.1, -0.05) is 37.3 Å². The molecule has 2 fully saturated rings. The lowest BCUT2D eigenvalue weighted by molar-refractivity contribution is -0.121. The zero-order chi connectivity index (χ0) is 16.4. The van der Waals surface area contributed by atoms with Crippen molar-refractivity contribution in [2.45, 2.75) is 57.4 Å². The van der Waals surface area contributed by atoms with Crippen LogP contribution in [0.2, 0.25) is 0 Å². The van der Waals surface area contributed by atoms with E-state index >= 15 is 0 Å². The minimum absolute atomic E-state index is 0.0846. The van der Waals surface area contributed by atoms with Crippen molar-refractivity contribution in [3.8, 4) is 11.4 Å². The van der Waals surface area contributed by atoms with Crippen molar-refractivity contribution in [3.05, 3.63) is 24.5 Å². The molecule has 0 bridgehead atoms. The predicted octanol–water partition coefficient (Wildman–Crippen LogP) is 3.35. The molecule has 128 valence electrons. The van der Waals surface area contributed by atoms with Crippen LogP contribution in [0.4, 0.5) is 0 Å². The Morgan fingerprint density at radius 2 is 2.17 bits per heavy atom. The molecule has 2 aliphatic rings. The van der Waals surface area contributed by atoms with Gasteiger partial charge in [0.1, 0.15) is 6.26 Å². The maximum absolute atomic E-state index is 12.1. The fraction of sp³-hybridized carbons (Fsp3) is 0.611. The van der Waals surface area contributed by atoms with Crippen LogP contribution >= 0.6 is 0 Å². The van der Waals surface area contributed by atoms with E-state index in [9.17, 15) is 4.79 Å². The summed E-state index contributed by atoms with van der Waals surface area (Å²) in [6.07, 6.45) is 11.9. The quantitative estimate of drug-likeness (QED) is 0.879. The molecule has 0 spiro atoms. The van der Waals surface area contributed by atoms with Gasteiger partial charge in [0.25, 0.3) is 0 Å². The first-order chi connectivity index (χ1) is 11.8. The van der Waals surface area contributed by atoms with Crippen molar-refractivity contribution in [2.24, 2.45) is 11.8 Å². The van der Waals surface area contributed by atoms with Gasteiger partial charge in [0.15, 0.2) is 0 Å². The summed E-state index contributed by atoms with van der Waals surface area (Å²) in [7, 11) is 0. The van der Waals surface area contributed by atoms with E-state index in [4.69, 9.17) is 8.94 Å². The number of carbonyl (C=O) groups is 1. The van der Waals surface area contributed by atoms with Gasteiger partial charge in [0.05, 0.1) is 11.8 Å². The van der Waals surface area contributed by atoms with Gasteiger partial charge in [-0.2, -0.15) is 4.98 Å². The molecule has 0 saturated heterocycles. The van der Waals surface area contributed by atoms with Crippen molar-refractivity contribution in [2.75, 3.05) is 0 Å². The number of amides is 1. The number of hydrogen-bond acceptors (Lipinski definition) is 5. The van der Waals surface area contributed by atoms with Gasteiger partial charge in [0.2, 0.25) is 17.6 Å². The molecule has 0 aromatic carbocycles. The summed E-state index contributed by atoms with van der Waals surface area (Å²) in [5.41, 5.74) is 0.780. The standard InChI is InChI=1S/C18H23N3O3/c22-16(19-15-10-14(15)12-4-2-1-3-5-12)6-7-17-20-18(21-24-17)13-8-9-23-11-13/h8-9,11-12,14-15H,1-7,10H2,(H,19,22)/t14-,15-/m1/s1. The SMILES string of the molecule is O=C(CCc1nc(-c2ccoc2)no1)N[C@@H]1C[C@@H]1C1CCCCC1. The van der Waals surface area contributed by atoms with Crippen LogP contribution in [0, 0.1) is 11.8 Å². The average Bonchev–Trinajstić information content (AvgIpc) is 3.03. The second-order valence-corrected chi connectivity index (χ2v) is 7.00. The summed E-state index contributed by atoms with van der Waals surface area (Å²) in [4.78, 5) is 16.4. The van der Waals surface area contributed by atoms with E-state index in [0.717, 1.165) is 17.9 Å². The highest BCUT2D eigenvalue weighted by Crippen LogP contribution is 2.44. The smallest absolute Gasteiger partial charge is 0.227 e. The number of nitrogens with zero attached hydrogens (tertiary/aromatic N) is 2. The van der Waals surface area contributed by atoms with E-state index in [-0.39, 0.29) is 5.91 Å². The molecule has 4 rings (SSSR count). The fourth-order valence-electron chi connectivity index (χ4n) is 3.83. The van der Waals surface area contributed by atoms with Crippen LogP contribution in [0.1, 0.15) is 50.8 Å². The highest BCUT2D eigenvalue weighted by Gasteiger charge is 2.43. The van der Waals surface area contributed by atoms with Gasteiger partial charge in [0, 0.05) is 18.9 Å². The Kier molecular flexibility index (Phi) is 4.36. The van der Waals surface area contributed by atoms with Gasteiger partial charge in [-0.3, -0.25) is 4.79 Å². The van der Waals surface area contributed by atoms with Crippen molar-refractivity contribution in [1.82, 2.24) is 15.5 Å². The molecule has 2 aromatic rings. The molecule has 0 unspecified atom stereocenters. The van der Waals surface area contributed by atoms with Crippen molar-refractivity contribution < 1.29 is 13.7 Å². The van der Waals surface area contributed by atoms with Crippen LogP contribution in [0.15, 0.2) is 27.5 Å². The molecule has 2 atom stereocenters. The summed E-state index contributed by atoms with van der Waals surface area (Å²) in [5.74, 6) is 2.61. The average molecular weight is 329 g/mol. The zero-order valence-corrected chi connectivity index (χ0v) is 13.7. The minimum Gasteiger partial charge on any atom is -0.472 e. The molecule has 0 radical (unpaired) electrons. The van der Waals surface area contributed by atoms with Gasteiger partial charge in [-0.05, 0) is 24.3 Å². The Labute approximate surface area is 141 Å². The predicted molar refractivity (Wildman–Crippen MR) is 86.9 cm³/mol. The molecule has 2 heterocycles.